The lowest BCUT2D eigenvalue weighted by molar-refractivity contribution is -0.126. The highest BCUT2D eigenvalue weighted by atomic mass is 16.1. The van der Waals surface area contributed by atoms with Crippen LogP contribution in [-0.4, -0.2) is 5.78 Å². The molecule has 0 aromatic carbocycles. The Labute approximate surface area is 93.9 Å². The molecule has 1 saturated carbocycles. The number of carbonyl (C=O) groups excluding carboxylic acids is 1. The van der Waals surface area contributed by atoms with E-state index in [0.717, 1.165) is 18.4 Å². The van der Waals surface area contributed by atoms with Gasteiger partial charge in [-0.05, 0) is 43.6 Å². The number of allylic oxidation sites excluding steroid dienone is 2. The Balaban J connectivity index is 3.05. The highest BCUT2D eigenvalue weighted by Crippen LogP contribution is 2.41. The van der Waals surface area contributed by atoms with E-state index in [1.165, 1.54) is 5.57 Å². The van der Waals surface area contributed by atoms with Crippen LogP contribution < -0.4 is 0 Å². The summed E-state index contributed by atoms with van der Waals surface area (Å²) in [6.07, 6.45) is 2.14. The molecule has 1 fully saturated rings. The summed E-state index contributed by atoms with van der Waals surface area (Å²) < 4.78 is 0. The predicted octanol–water partition coefficient (Wildman–Crippen LogP) is 3.98. The van der Waals surface area contributed by atoms with Crippen molar-refractivity contribution in [2.75, 3.05) is 0 Å². The summed E-state index contributed by atoms with van der Waals surface area (Å²) in [5, 5.41) is 0. The molecule has 0 radical (unpaired) electrons. The molecule has 86 valence electrons. The van der Waals surface area contributed by atoms with E-state index in [1.807, 2.05) is 0 Å². The van der Waals surface area contributed by atoms with Gasteiger partial charge in [-0.25, -0.2) is 0 Å². The molecular formula is C14H24O. The Morgan fingerprint density at radius 3 is 2.20 bits per heavy atom. The molecule has 2 atom stereocenters. The van der Waals surface area contributed by atoms with E-state index in [1.54, 1.807) is 0 Å². The van der Waals surface area contributed by atoms with Crippen molar-refractivity contribution >= 4 is 5.78 Å². The first kappa shape index (κ1) is 12.5. The standard InChI is InChI=1S/C14H24O/c1-9(2)11-8-7-10(3)12(13(11)15)14(4,5)6/h10,12H,7-8H2,1-6H3/t10-,12?/m1/s1. The summed E-state index contributed by atoms with van der Waals surface area (Å²) in [6, 6.07) is 0. The Bertz CT molecular complexity index is 287. The lowest BCUT2D eigenvalue weighted by atomic mass is 9.64. The van der Waals surface area contributed by atoms with Gasteiger partial charge < -0.3 is 0 Å². The smallest absolute Gasteiger partial charge is 0.162 e. The molecule has 0 aromatic heterocycles. The molecule has 15 heavy (non-hydrogen) atoms. The molecular weight excluding hydrogens is 184 g/mol. The van der Waals surface area contributed by atoms with Gasteiger partial charge in [0.15, 0.2) is 5.78 Å². The molecule has 0 aromatic rings. The number of rotatable bonds is 0. The first-order valence-electron chi connectivity index (χ1n) is 5.95. The molecule has 0 spiro atoms. The van der Waals surface area contributed by atoms with Crippen LogP contribution in [0.3, 0.4) is 0 Å². The van der Waals surface area contributed by atoms with Crippen LogP contribution in [0.1, 0.15) is 54.4 Å². The maximum Gasteiger partial charge on any atom is 0.162 e. The number of carbonyl (C=O) groups is 1. The zero-order chi connectivity index (χ0) is 11.8. The van der Waals surface area contributed by atoms with Crippen molar-refractivity contribution in [1.82, 2.24) is 0 Å². The van der Waals surface area contributed by atoms with Gasteiger partial charge in [0.2, 0.25) is 0 Å². The van der Waals surface area contributed by atoms with E-state index in [2.05, 4.69) is 41.5 Å². The van der Waals surface area contributed by atoms with Gasteiger partial charge in [0.25, 0.3) is 0 Å². The molecule has 1 heteroatoms. The summed E-state index contributed by atoms with van der Waals surface area (Å²) in [6.45, 7) is 12.9. The molecule has 1 rings (SSSR count). The monoisotopic (exact) mass is 208 g/mol. The maximum atomic E-state index is 12.4. The molecule has 0 N–H and O–H groups in total. The van der Waals surface area contributed by atoms with E-state index < -0.39 is 0 Å². The van der Waals surface area contributed by atoms with Crippen LogP contribution in [-0.2, 0) is 4.79 Å². The van der Waals surface area contributed by atoms with Crippen LogP contribution in [0.15, 0.2) is 11.1 Å². The Morgan fingerprint density at radius 1 is 1.27 bits per heavy atom. The fraction of sp³-hybridized carbons (Fsp3) is 0.786. The van der Waals surface area contributed by atoms with E-state index in [9.17, 15) is 4.79 Å². The van der Waals surface area contributed by atoms with Gasteiger partial charge in [0, 0.05) is 5.92 Å². The van der Waals surface area contributed by atoms with E-state index in [-0.39, 0.29) is 11.3 Å². The van der Waals surface area contributed by atoms with Gasteiger partial charge in [-0.1, -0.05) is 33.3 Å². The number of hydrogen-bond acceptors (Lipinski definition) is 1. The summed E-state index contributed by atoms with van der Waals surface area (Å²) in [4.78, 5) is 12.4. The van der Waals surface area contributed by atoms with Crippen LogP contribution in [0.25, 0.3) is 0 Å². The molecule has 0 aliphatic heterocycles. The zero-order valence-electron chi connectivity index (χ0n) is 11.0. The minimum Gasteiger partial charge on any atom is -0.294 e. The fourth-order valence-electron chi connectivity index (χ4n) is 2.85. The number of hydrogen-bond donors (Lipinski definition) is 0. The Hall–Kier alpha value is -0.590. The van der Waals surface area contributed by atoms with E-state index in [0.29, 0.717) is 11.7 Å². The van der Waals surface area contributed by atoms with Crippen molar-refractivity contribution in [3.05, 3.63) is 11.1 Å². The third-order valence-electron chi connectivity index (χ3n) is 3.54. The molecule has 1 nitrogen and oxygen atoms in total. The molecule has 0 amide bonds. The molecule has 0 bridgehead atoms. The van der Waals surface area contributed by atoms with Crippen molar-refractivity contribution in [2.24, 2.45) is 17.3 Å². The first-order valence-corrected chi connectivity index (χ1v) is 5.95. The molecule has 0 heterocycles. The van der Waals surface area contributed by atoms with Gasteiger partial charge in [0.05, 0.1) is 0 Å². The van der Waals surface area contributed by atoms with E-state index >= 15 is 0 Å². The van der Waals surface area contributed by atoms with Gasteiger partial charge in [-0.3, -0.25) is 4.79 Å². The zero-order valence-corrected chi connectivity index (χ0v) is 11.0. The highest BCUT2D eigenvalue weighted by Gasteiger charge is 2.39. The SMILES string of the molecule is CC(C)=C1CC[C@@H](C)C(C(C)(C)C)C1=O. The lowest BCUT2D eigenvalue weighted by Gasteiger charge is -2.38. The molecule has 1 unspecified atom stereocenters. The largest absolute Gasteiger partial charge is 0.294 e. The topological polar surface area (TPSA) is 17.1 Å². The van der Waals surface area contributed by atoms with Crippen LogP contribution in [0.2, 0.25) is 0 Å². The predicted molar refractivity (Wildman–Crippen MR) is 64.7 cm³/mol. The van der Waals surface area contributed by atoms with Crippen LogP contribution in [0.4, 0.5) is 0 Å². The summed E-state index contributed by atoms with van der Waals surface area (Å²) in [5.74, 6) is 1.14. The maximum absolute atomic E-state index is 12.4. The van der Waals surface area contributed by atoms with Crippen molar-refractivity contribution in [3.8, 4) is 0 Å². The summed E-state index contributed by atoms with van der Waals surface area (Å²) in [5.41, 5.74) is 2.40. The average molecular weight is 208 g/mol. The summed E-state index contributed by atoms with van der Waals surface area (Å²) >= 11 is 0. The van der Waals surface area contributed by atoms with Gasteiger partial charge in [0.1, 0.15) is 0 Å². The van der Waals surface area contributed by atoms with Crippen LogP contribution in [0, 0.1) is 17.3 Å². The average Bonchev–Trinajstić information content (AvgIpc) is 2.00. The molecule has 0 saturated heterocycles. The van der Waals surface area contributed by atoms with Crippen molar-refractivity contribution in [2.45, 2.75) is 54.4 Å². The molecule has 1 aliphatic rings. The minimum absolute atomic E-state index is 0.0949. The van der Waals surface area contributed by atoms with Crippen molar-refractivity contribution in [1.29, 1.82) is 0 Å². The van der Waals surface area contributed by atoms with Gasteiger partial charge in [-0.15, -0.1) is 0 Å². The van der Waals surface area contributed by atoms with E-state index in [4.69, 9.17) is 0 Å². The second kappa shape index (κ2) is 4.11. The Kier molecular flexibility index (Phi) is 3.42. The Morgan fingerprint density at radius 2 is 1.80 bits per heavy atom. The van der Waals surface area contributed by atoms with Crippen molar-refractivity contribution in [3.63, 3.8) is 0 Å². The first-order chi connectivity index (χ1) is 6.75. The normalized spacial score (nSPS) is 28.1. The van der Waals surface area contributed by atoms with Crippen LogP contribution in [0.5, 0.6) is 0 Å². The second-order valence-corrected chi connectivity index (χ2v) is 6.20. The second-order valence-electron chi connectivity index (χ2n) is 6.20. The lowest BCUT2D eigenvalue weighted by Crippen LogP contribution is -2.38. The minimum atomic E-state index is 0.0949. The fourth-order valence-corrected chi connectivity index (χ4v) is 2.85. The summed E-state index contributed by atoms with van der Waals surface area (Å²) in [7, 11) is 0. The van der Waals surface area contributed by atoms with Crippen molar-refractivity contribution < 1.29 is 4.79 Å². The highest BCUT2D eigenvalue weighted by molar-refractivity contribution is 5.99. The number of ketones is 1. The quantitative estimate of drug-likeness (QED) is 0.550. The third-order valence-corrected chi connectivity index (χ3v) is 3.54. The van der Waals surface area contributed by atoms with Gasteiger partial charge >= 0.3 is 0 Å². The number of Topliss-reactive ketones (excluding diaryl/α,β-unsaturated/α-hetero) is 1. The molecule has 1 aliphatic carbocycles. The van der Waals surface area contributed by atoms with Crippen LogP contribution >= 0.6 is 0 Å². The van der Waals surface area contributed by atoms with Gasteiger partial charge in [-0.2, -0.15) is 0 Å². The third kappa shape index (κ3) is 2.50.